The van der Waals surface area contributed by atoms with Gasteiger partial charge in [-0.25, -0.2) is 0 Å². The van der Waals surface area contributed by atoms with E-state index in [1.54, 1.807) is 30.3 Å². The van der Waals surface area contributed by atoms with Crippen molar-refractivity contribution in [2.75, 3.05) is 13.7 Å². The van der Waals surface area contributed by atoms with Crippen LogP contribution in [-0.4, -0.2) is 116 Å². The lowest BCUT2D eigenvalue weighted by Crippen LogP contribution is -2.60. The van der Waals surface area contributed by atoms with Crippen LogP contribution in [0.1, 0.15) is 26.3 Å². The number of benzene rings is 2. The van der Waals surface area contributed by atoms with Crippen molar-refractivity contribution in [3.63, 3.8) is 0 Å². The highest BCUT2D eigenvalue weighted by Crippen LogP contribution is 2.41. The van der Waals surface area contributed by atoms with E-state index in [4.69, 9.17) is 28.1 Å². The third-order valence-electron chi connectivity index (χ3n) is 8.37. The van der Waals surface area contributed by atoms with Crippen LogP contribution in [0, 0.1) is 0 Å². The molecule has 3 heterocycles. The minimum Gasteiger partial charge on any atom is -0.507 e. The molecule has 2 saturated heterocycles. The zero-order valence-corrected chi connectivity index (χ0v) is 26.6. The first-order valence-corrected chi connectivity index (χ1v) is 15.2. The van der Waals surface area contributed by atoms with Gasteiger partial charge in [0.2, 0.25) is 23.8 Å². The summed E-state index contributed by atoms with van der Waals surface area (Å²) in [6.45, 7) is 4.40. The van der Waals surface area contributed by atoms with Gasteiger partial charge < -0.3 is 69.0 Å². The van der Waals surface area contributed by atoms with E-state index in [9.17, 15) is 45.6 Å². The molecule has 8 N–H and O–H groups in total. The third kappa shape index (κ3) is 6.74. The van der Waals surface area contributed by atoms with Crippen molar-refractivity contribution in [1.82, 2.24) is 0 Å². The molecule has 0 radical (unpaired) electrons. The number of hydrogen-bond acceptors (Lipinski definition) is 15. The number of rotatable bonds is 9. The Morgan fingerprint density at radius 3 is 2.10 bits per heavy atom. The lowest BCUT2D eigenvalue weighted by atomic mass is 9.99. The van der Waals surface area contributed by atoms with E-state index in [1.807, 2.05) is 13.8 Å². The van der Waals surface area contributed by atoms with Crippen molar-refractivity contribution >= 4 is 11.0 Å². The Balaban J connectivity index is 1.71. The van der Waals surface area contributed by atoms with Gasteiger partial charge in [-0.05, 0) is 51.5 Å². The predicted octanol–water partition coefficient (Wildman–Crippen LogP) is 0.0679. The highest BCUT2D eigenvalue weighted by atomic mass is 16.7. The molecule has 3 aromatic rings. The van der Waals surface area contributed by atoms with Crippen molar-refractivity contribution < 1.29 is 69.0 Å². The first-order valence-electron chi connectivity index (χ1n) is 15.2. The largest absolute Gasteiger partial charge is 0.507 e. The number of phenols is 1. The molecule has 15 heteroatoms. The van der Waals surface area contributed by atoms with Gasteiger partial charge in [0.1, 0.15) is 70.9 Å². The van der Waals surface area contributed by atoms with Crippen LogP contribution in [-0.2, 0) is 15.9 Å². The minimum absolute atomic E-state index is 0.0725. The summed E-state index contributed by atoms with van der Waals surface area (Å²) in [4.78, 5) is 14.3. The molecule has 0 saturated carbocycles. The van der Waals surface area contributed by atoms with E-state index in [0.29, 0.717) is 11.3 Å². The van der Waals surface area contributed by atoms with Crippen LogP contribution in [0.2, 0.25) is 0 Å². The Kier molecular flexibility index (Phi) is 10.6. The van der Waals surface area contributed by atoms with Gasteiger partial charge in [-0.15, -0.1) is 0 Å². The van der Waals surface area contributed by atoms with Crippen LogP contribution < -0.4 is 19.6 Å². The summed E-state index contributed by atoms with van der Waals surface area (Å²) in [5, 5.41) is 82.9. The molecule has 0 aliphatic carbocycles. The summed E-state index contributed by atoms with van der Waals surface area (Å²) in [6, 6.07) is 7.41. The molecule has 1 aromatic heterocycles. The number of ether oxygens (including phenoxy) is 5. The molecule has 48 heavy (non-hydrogen) atoms. The Hall–Kier alpha value is -3.77. The molecule has 2 aliphatic rings. The summed E-state index contributed by atoms with van der Waals surface area (Å²) in [6.07, 6.45) is -13.7. The maximum Gasteiger partial charge on any atom is 0.239 e. The van der Waals surface area contributed by atoms with Crippen molar-refractivity contribution in [3.8, 4) is 34.3 Å². The molecular weight excluding hydrogens is 636 g/mol. The van der Waals surface area contributed by atoms with Crippen molar-refractivity contribution in [2.24, 2.45) is 0 Å². The number of aliphatic hydroxyl groups is 7. The van der Waals surface area contributed by atoms with Gasteiger partial charge in [-0.1, -0.05) is 11.6 Å². The van der Waals surface area contributed by atoms with Gasteiger partial charge in [-0.2, -0.15) is 0 Å². The highest BCUT2D eigenvalue weighted by molar-refractivity contribution is 5.91. The standard InChI is InChI=1S/C33H40O15/c1-13(2)5-10-17-19(45-33-28(42)26(40)23(37)20(12-34)46-33)11-18(35)21-24(38)31(48-32-27(41)25(39)22(36)14(3)44-32)29(47-30(17)21)15-6-8-16(43-4)9-7-15/h5-9,11,14,20,22-23,25-28,32-37,39-42H,10,12H2,1-4H3/t14-,20+,22-,23+,25+,26-,27+,28+,32?,33?/m1/s1. The summed E-state index contributed by atoms with van der Waals surface area (Å²) in [5.41, 5.74) is 0.341. The zero-order chi connectivity index (χ0) is 35.0. The maximum absolute atomic E-state index is 14.3. The minimum atomic E-state index is -1.77. The summed E-state index contributed by atoms with van der Waals surface area (Å²) < 4.78 is 34.5. The van der Waals surface area contributed by atoms with Crippen LogP contribution in [0.5, 0.6) is 23.0 Å². The fourth-order valence-corrected chi connectivity index (χ4v) is 5.52. The number of aliphatic hydroxyl groups excluding tert-OH is 7. The van der Waals surface area contributed by atoms with Crippen molar-refractivity contribution in [3.05, 3.63) is 57.8 Å². The van der Waals surface area contributed by atoms with Gasteiger partial charge in [0.25, 0.3) is 0 Å². The van der Waals surface area contributed by atoms with Crippen LogP contribution in [0.15, 0.2) is 51.2 Å². The Bertz CT molecular complexity index is 1680. The molecule has 5 rings (SSSR count). The fourth-order valence-electron chi connectivity index (χ4n) is 5.52. The fraction of sp³-hybridized carbons (Fsp3) is 0.485. The first kappa shape index (κ1) is 35.5. The van der Waals surface area contributed by atoms with Gasteiger partial charge in [-0.3, -0.25) is 4.79 Å². The quantitative estimate of drug-likeness (QED) is 0.140. The van der Waals surface area contributed by atoms with Gasteiger partial charge in [0.05, 0.1) is 19.8 Å². The molecular formula is C33H40O15. The summed E-state index contributed by atoms with van der Waals surface area (Å²) in [7, 11) is 1.47. The van der Waals surface area contributed by atoms with E-state index in [0.717, 1.165) is 11.6 Å². The second kappa shape index (κ2) is 14.4. The number of methoxy groups -OCH3 is 1. The second-order valence-corrected chi connectivity index (χ2v) is 12.0. The lowest BCUT2D eigenvalue weighted by molar-refractivity contribution is -0.277. The number of allylic oxidation sites excluding steroid dienone is 2. The lowest BCUT2D eigenvalue weighted by Gasteiger charge is -2.39. The average molecular weight is 677 g/mol. The summed E-state index contributed by atoms with van der Waals surface area (Å²) >= 11 is 0. The van der Waals surface area contributed by atoms with Crippen LogP contribution in [0.3, 0.4) is 0 Å². The van der Waals surface area contributed by atoms with Crippen LogP contribution in [0.4, 0.5) is 0 Å². The van der Waals surface area contributed by atoms with E-state index >= 15 is 0 Å². The first-order chi connectivity index (χ1) is 22.8. The number of hydrogen-bond donors (Lipinski definition) is 8. The third-order valence-corrected chi connectivity index (χ3v) is 8.37. The zero-order valence-electron chi connectivity index (χ0n) is 26.6. The van der Waals surface area contributed by atoms with Crippen LogP contribution in [0.25, 0.3) is 22.3 Å². The van der Waals surface area contributed by atoms with E-state index in [-0.39, 0.29) is 34.5 Å². The van der Waals surface area contributed by atoms with E-state index in [2.05, 4.69) is 0 Å². The normalized spacial score (nSPS) is 30.6. The van der Waals surface area contributed by atoms with Gasteiger partial charge in [0, 0.05) is 17.2 Å². The van der Waals surface area contributed by atoms with Crippen LogP contribution >= 0.6 is 0 Å². The van der Waals surface area contributed by atoms with Gasteiger partial charge >= 0.3 is 0 Å². The highest BCUT2D eigenvalue weighted by Gasteiger charge is 2.46. The average Bonchev–Trinajstić information content (AvgIpc) is 3.06. The second-order valence-electron chi connectivity index (χ2n) is 12.0. The molecule has 15 nitrogen and oxygen atoms in total. The molecule has 0 amide bonds. The van der Waals surface area contributed by atoms with E-state index in [1.165, 1.54) is 14.0 Å². The SMILES string of the molecule is COc1ccc(-c2oc3c(CC=C(C)C)c(OC4O[C@@H](CO)[C@H](O)[C@@H](O)[C@@H]4O)cc(O)c3c(=O)c2OC2O[C@H](C)[C@@H](O)[C@H](O)[C@@H]2O)cc1. The number of fused-ring (bicyclic) bond motifs is 1. The number of aromatic hydroxyl groups is 1. The predicted molar refractivity (Wildman–Crippen MR) is 167 cm³/mol. The molecule has 10 atom stereocenters. The smallest absolute Gasteiger partial charge is 0.239 e. The molecule has 2 unspecified atom stereocenters. The molecule has 262 valence electrons. The molecule has 0 spiro atoms. The van der Waals surface area contributed by atoms with E-state index < -0.39 is 84.9 Å². The van der Waals surface area contributed by atoms with Crippen molar-refractivity contribution in [2.45, 2.75) is 88.6 Å². The Morgan fingerprint density at radius 1 is 0.875 bits per heavy atom. The summed E-state index contributed by atoms with van der Waals surface area (Å²) in [5.74, 6) is -0.922. The molecule has 2 fully saturated rings. The van der Waals surface area contributed by atoms with Gasteiger partial charge in [0.15, 0.2) is 5.76 Å². The molecule has 2 aliphatic heterocycles. The Labute approximate surface area is 274 Å². The Morgan fingerprint density at radius 2 is 1.50 bits per heavy atom. The molecule has 0 bridgehead atoms. The number of phenolic OH excluding ortho intramolecular Hbond substituents is 1. The molecule has 2 aromatic carbocycles. The topological polar surface area (TPSA) is 238 Å². The van der Waals surface area contributed by atoms with Crippen molar-refractivity contribution in [1.29, 1.82) is 0 Å². The maximum atomic E-state index is 14.3. The monoisotopic (exact) mass is 676 g/mol.